The summed E-state index contributed by atoms with van der Waals surface area (Å²) in [5.74, 6) is 0.611. The first-order chi connectivity index (χ1) is 9.08. The summed E-state index contributed by atoms with van der Waals surface area (Å²) in [5.41, 5.74) is 2.42. The van der Waals surface area contributed by atoms with Gasteiger partial charge in [0.25, 0.3) is 0 Å². The number of hydrogen-bond donors (Lipinski definition) is 1. The molecular formula is C16H24N2O. The molecule has 3 nitrogen and oxygen atoms in total. The van der Waals surface area contributed by atoms with E-state index in [2.05, 4.69) is 50.4 Å². The molecule has 0 aromatic heterocycles. The Morgan fingerprint density at radius 2 is 1.89 bits per heavy atom. The maximum atomic E-state index is 12.5. The third kappa shape index (κ3) is 2.66. The third-order valence-corrected chi connectivity index (χ3v) is 4.14. The fourth-order valence-corrected chi connectivity index (χ4v) is 2.64. The van der Waals surface area contributed by atoms with Crippen molar-refractivity contribution in [3.05, 3.63) is 35.4 Å². The van der Waals surface area contributed by atoms with E-state index in [-0.39, 0.29) is 18.1 Å². The monoisotopic (exact) mass is 260 g/mol. The van der Waals surface area contributed by atoms with E-state index in [9.17, 15) is 4.79 Å². The summed E-state index contributed by atoms with van der Waals surface area (Å²) >= 11 is 0. The third-order valence-electron chi connectivity index (χ3n) is 4.14. The van der Waals surface area contributed by atoms with Gasteiger partial charge in [-0.15, -0.1) is 0 Å². The van der Waals surface area contributed by atoms with E-state index in [1.165, 1.54) is 11.1 Å². The topological polar surface area (TPSA) is 32.3 Å². The number of carbonyl (C=O) groups excluding carboxylic acids is 1. The van der Waals surface area contributed by atoms with E-state index >= 15 is 0 Å². The lowest BCUT2D eigenvalue weighted by Crippen LogP contribution is -2.35. The molecule has 3 unspecified atom stereocenters. The molecular weight excluding hydrogens is 236 g/mol. The Hall–Kier alpha value is -1.35. The number of benzene rings is 1. The highest BCUT2D eigenvalue weighted by Crippen LogP contribution is 2.28. The predicted octanol–water partition coefficient (Wildman–Crippen LogP) is 2.86. The molecule has 1 N–H and O–H groups in total. The van der Waals surface area contributed by atoms with Gasteiger partial charge in [0.1, 0.15) is 6.17 Å². The van der Waals surface area contributed by atoms with E-state index in [4.69, 9.17) is 0 Å². The van der Waals surface area contributed by atoms with Crippen LogP contribution in [0.3, 0.4) is 0 Å². The van der Waals surface area contributed by atoms with Gasteiger partial charge in [-0.05, 0) is 25.3 Å². The second kappa shape index (κ2) is 5.74. The van der Waals surface area contributed by atoms with Crippen molar-refractivity contribution >= 4 is 5.91 Å². The Morgan fingerprint density at radius 1 is 1.26 bits per heavy atom. The first kappa shape index (κ1) is 14.1. The smallest absolute Gasteiger partial charge is 0.241 e. The highest BCUT2D eigenvalue weighted by Gasteiger charge is 2.40. The summed E-state index contributed by atoms with van der Waals surface area (Å²) in [6.07, 6.45) is 1.04. The number of nitrogens with zero attached hydrogens (tertiary/aromatic N) is 1. The fraction of sp³-hybridized carbons (Fsp3) is 0.562. The van der Waals surface area contributed by atoms with Crippen molar-refractivity contribution in [1.29, 1.82) is 0 Å². The van der Waals surface area contributed by atoms with Gasteiger partial charge in [0.15, 0.2) is 0 Å². The Kier molecular flexibility index (Phi) is 4.25. The summed E-state index contributed by atoms with van der Waals surface area (Å²) < 4.78 is 0. The number of likely N-dealkylation sites (N-methyl/N-ethyl adjacent to an activating group) is 1. The highest BCUT2D eigenvalue weighted by atomic mass is 16.2. The summed E-state index contributed by atoms with van der Waals surface area (Å²) in [5, 5.41) is 3.50. The molecule has 0 bridgehead atoms. The van der Waals surface area contributed by atoms with Crippen molar-refractivity contribution in [2.75, 3.05) is 6.54 Å². The second-order valence-electron chi connectivity index (χ2n) is 5.47. The SMILES string of the molecule is CCC(C)C1NC(c2ccc(C)cc2)N(CC)C1=O. The molecule has 0 aliphatic carbocycles. The summed E-state index contributed by atoms with van der Waals surface area (Å²) in [6.45, 7) is 9.14. The normalized spacial score (nSPS) is 24.8. The summed E-state index contributed by atoms with van der Waals surface area (Å²) in [7, 11) is 0. The van der Waals surface area contributed by atoms with E-state index in [1.807, 2.05) is 11.8 Å². The number of amides is 1. The van der Waals surface area contributed by atoms with Gasteiger partial charge in [-0.3, -0.25) is 10.1 Å². The van der Waals surface area contributed by atoms with Crippen LogP contribution in [0.4, 0.5) is 0 Å². The van der Waals surface area contributed by atoms with Crippen molar-refractivity contribution in [2.45, 2.75) is 46.3 Å². The molecule has 1 heterocycles. The van der Waals surface area contributed by atoms with Crippen LogP contribution in [-0.4, -0.2) is 23.4 Å². The molecule has 0 spiro atoms. The number of aryl methyl sites for hydroxylation is 1. The molecule has 1 amide bonds. The fourth-order valence-electron chi connectivity index (χ4n) is 2.64. The van der Waals surface area contributed by atoms with Crippen molar-refractivity contribution in [3.8, 4) is 0 Å². The van der Waals surface area contributed by atoms with Crippen molar-refractivity contribution in [1.82, 2.24) is 10.2 Å². The first-order valence-corrected chi connectivity index (χ1v) is 7.21. The molecule has 104 valence electrons. The number of nitrogens with one attached hydrogen (secondary N) is 1. The molecule has 1 aliphatic heterocycles. The van der Waals surface area contributed by atoms with Crippen LogP contribution in [0.25, 0.3) is 0 Å². The van der Waals surface area contributed by atoms with Crippen LogP contribution in [0.15, 0.2) is 24.3 Å². The molecule has 1 aromatic rings. The minimum Gasteiger partial charge on any atom is -0.322 e. The van der Waals surface area contributed by atoms with Gasteiger partial charge in [-0.2, -0.15) is 0 Å². The van der Waals surface area contributed by atoms with Crippen LogP contribution in [-0.2, 0) is 4.79 Å². The zero-order valence-corrected chi connectivity index (χ0v) is 12.3. The van der Waals surface area contributed by atoms with Gasteiger partial charge in [0, 0.05) is 6.54 Å². The average Bonchev–Trinajstić information content (AvgIpc) is 2.75. The molecule has 1 saturated heterocycles. The number of rotatable bonds is 4. The van der Waals surface area contributed by atoms with E-state index in [1.54, 1.807) is 0 Å². The molecule has 0 radical (unpaired) electrons. The molecule has 3 atom stereocenters. The van der Waals surface area contributed by atoms with Crippen molar-refractivity contribution in [2.24, 2.45) is 5.92 Å². The summed E-state index contributed by atoms with van der Waals surface area (Å²) in [4.78, 5) is 14.4. The second-order valence-corrected chi connectivity index (χ2v) is 5.47. The number of hydrogen-bond acceptors (Lipinski definition) is 2. The first-order valence-electron chi connectivity index (χ1n) is 7.21. The van der Waals surface area contributed by atoms with Gasteiger partial charge in [-0.1, -0.05) is 50.1 Å². The van der Waals surface area contributed by atoms with Crippen LogP contribution in [0.5, 0.6) is 0 Å². The van der Waals surface area contributed by atoms with Crippen LogP contribution in [0.2, 0.25) is 0 Å². The lowest BCUT2D eigenvalue weighted by Gasteiger charge is -2.23. The zero-order valence-electron chi connectivity index (χ0n) is 12.3. The Bertz CT molecular complexity index is 441. The standard InChI is InChI=1S/C16H24N2O/c1-5-12(4)14-16(19)18(6-2)15(17-14)13-9-7-11(3)8-10-13/h7-10,12,14-15,17H,5-6H2,1-4H3. The summed E-state index contributed by atoms with van der Waals surface area (Å²) in [6, 6.07) is 8.39. The van der Waals surface area contributed by atoms with Gasteiger partial charge in [0.2, 0.25) is 5.91 Å². The maximum absolute atomic E-state index is 12.5. The molecule has 1 aromatic carbocycles. The van der Waals surface area contributed by atoms with Crippen molar-refractivity contribution < 1.29 is 4.79 Å². The molecule has 19 heavy (non-hydrogen) atoms. The molecule has 3 heteroatoms. The lowest BCUT2D eigenvalue weighted by atomic mass is 9.99. The van der Waals surface area contributed by atoms with Gasteiger partial charge < -0.3 is 4.90 Å². The van der Waals surface area contributed by atoms with Crippen LogP contribution < -0.4 is 5.32 Å². The molecule has 1 fully saturated rings. The lowest BCUT2D eigenvalue weighted by molar-refractivity contribution is -0.130. The van der Waals surface area contributed by atoms with Crippen LogP contribution >= 0.6 is 0 Å². The maximum Gasteiger partial charge on any atom is 0.241 e. The molecule has 1 aliphatic rings. The van der Waals surface area contributed by atoms with Gasteiger partial charge >= 0.3 is 0 Å². The minimum atomic E-state index is -0.0451. The molecule has 0 saturated carbocycles. The van der Waals surface area contributed by atoms with Gasteiger partial charge in [0.05, 0.1) is 6.04 Å². The van der Waals surface area contributed by atoms with Crippen molar-refractivity contribution in [3.63, 3.8) is 0 Å². The Morgan fingerprint density at radius 3 is 2.42 bits per heavy atom. The molecule has 2 rings (SSSR count). The largest absolute Gasteiger partial charge is 0.322 e. The van der Waals surface area contributed by atoms with E-state index < -0.39 is 0 Å². The zero-order chi connectivity index (χ0) is 14.0. The van der Waals surface area contributed by atoms with E-state index in [0.717, 1.165) is 13.0 Å². The van der Waals surface area contributed by atoms with Gasteiger partial charge in [-0.25, -0.2) is 0 Å². The average molecular weight is 260 g/mol. The minimum absolute atomic E-state index is 0.0251. The van der Waals surface area contributed by atoms with E-state index in [0.29, 0.717) is 5.92 Å². The van der Waals surface area contributed by atoms with Crippen LogP contribution in [0.1, 0.15) is 44.5 Å². The van der Waals surface area contributed by atoms with Crippen LogP contribution in [0, 0.1) is 12.8 Å². The Labute approximate surface area is 116 Å². The number of carbonyl (C=O) groups is 1. The predicted molar refractivity (Wildman–Crippen MR) is 77.7 cm³/mol. The highest BCUT2D eigenvalue weighted by molar-refractivity contribution is 5.84. The quantitative estimate of drug-likeness (QED) is 0.903. The Balaban J connectivity index is 2.25.